The first-order chi connectivity index (χ1) is 17.5. The number of hydrogen-bond acceptors (Lipinski definition) is 6. The van der Waals surface area contributed by atoms with Crippen molar-refractivity contribution in [1.29, 1.82) is 0 Å². The molecule has 0 radical (unpaired) electrons. The van der Waals surface area contributed by atoms with Crippen LogP contribution in [-0.4, -0.2) is 40.7 Å². The maximum absolute atomic E-state index is 14.8. The molecule has 196 valence electrons. The van der Waals surface area contributed by atoms with Gasteiger partial charge in [-0.3, -0.25) is 9.10 Å². The van der Waals surface area contributed by atoms with E-state index in [1.54, 1.807) is 25.3 Å². The van der Waals surface area contributed by atoms with Crippen molar-refractivity contribution in [2.45, 2.75) is 36.8 Å². The lowest BCUT2D eigenvalue weighted by Crippen LogP contribution is -2.45. The smallest absolute Gasteiger partial charge is 0.264 e. The highest BCUT2D eigenvalue weighted by Crippen LogP contribution is 2.41. The van der Waals surface area contributed by atoms with Gasteiger partial charge in [0.05, 0.1) is 30.8 Å². The van der Waals surface area contributed by atoms with E-state index in [1.807, 2.05) is 13.8 Å². The Kier molecular flexibility index (Phi) is 7.31. The topological polar surface area (TPSA) is 94.2 Å². The molecular weight excluding hydrogens is 499 g/mol. The second-order valence-electron chi connectivity index (χ2n) is 9.23. The van der Waals surface area contributed by atoms with E-state index < -0.39 is 39.9 Å². The minimum atomic E-state index is -4.30. The lowest BCUT2D eigenvalue weighted by molar-refractivity contribution is -0.120. The highest BCUT2D eigenvalue weighted by atomic mass is 32.2. The quantitative estimate of drug-likeness (QED) is 0.464. The number of carbonyl (C=O) groups excluding carboxylic acids is 1. The third-order valence-corrected chi connectivity index (χ3v) is 7.84. The number of halogens is 1. The number of amides is 1. The Hall–Kier alpha value is -3.79. The fraction of sp³-hybridized carbons (Fsp3) is 0.296. The SMILES string of the molecule is COc1ccc(S(=O)(=O)N(CC(=O)NC2CC(C)(C)Oc3ccc(OC)cc32)c2ccccc2F)cc1. The number of rotatable bonds is 8. The molecule has 1 atom stereocenters. The molecule has 37 heavy (non-hydrogen) atoms. The molecule has 1 N–H and O–H groups in total. The third-order valence-electron chi connectivity index (χ3n) is 6.07. The van der Waals surface area contributed by atoms with E-state index in [9.17, 15) is 17.6 Å². The first kappa shape index (κ1) is 26.3. The van der Waals surface area contributed by atoms with E-state index in [0.717, 1.165) is 10.4 Å². The number of methoxy groups -OCH3 is 2. The summed E-state index contributed by atoms with van der Waals surface area (Å²) >= 11 is 0. The van der Waals surface area contributed by atoms with Gasteiger partial charge in [0.1, 0.15) is 35.2 Å². The lowest BCUT2D eigenvalue weighted by atomic mass is 9.89. The maximum atomic E-state index is 14.8. The zero-order chi connectivity index (χ0) is 26.8. The van der Waals surface area contributed by atoms with Crippen molar-refractivity contribution in [3.63, 3.8) is 0 Å². The van der Waals surface area contributed by atoms with Gasteiger partial charge in [-0.05, 0) is 68.4 Å². The Morgan fingerprint density at radius 3 is 2.35 bits per heavy atom. The molecule has 1 unspecified atom stereocenters. The van der Waals surface area contributed by atoms with Crippen LogP contribution in [0.25, 0.3) is 0 Å². The Balaban J connectivity index is 1.67. The summed E-state index contributed by atoms with van der Waals surface area (Å²) in [6.07, 6.45) is 0.434. The molecule has 10 heteroatoms. The number of sulfonamides is 1. The molecule has 0 saturated carbocycles. The van der Waals surface area contributed by atoms with Gasteiger partial charge in [-0.1, -0.05) is 12.1 Å². The van der Waals surface area contributed by atoms with Crippen LogP contribution in [0.1, 0.15) is 31.9 Å². The molecule has 0 saturated heterocycles. The number of anilines is 1. The monoisotopic (exact) mass is 528 g/mol. The molecule has 0 spiro atoms. The third kappa shape index (κ3) is 5.64. The van der Waals surface area contributed by atoms with Crippen LogP contribution in [0, 0.1) is 5.82 Å². The predicted octanol–water partition coefficient (Wildman–Crippen LogP) is 4.46. The van der Waals surface area contributed by atoms with Gasteiger partial charge in [0.2, 0.25) is 5.91 Å². The van der Waals surface area contributed by atoms with E-state index in [4.69, 9.17) is 14.2 Å². The lowest BCUT2D eigenvalue weighted by Gasteiger charge is -2.38. The summed E-state index contributed by atoms with van der Waals surface area (Å²) in [4.78, 5) is 13.2. The summed E-state index contributed by atoms with van der Waals surface area (Å²) in [5, 5.41) is 2.92. The summed E-state index contributed by atoms with van der Waals surface area (Å²) in [5.74, 6) is 0.285. The minimum Gasteiger partial charge on any atom is -0.497 e. The molecule has 8 nitrogen and oxygen atoms in total. The van der Waals surface area contributed by atoms with E-state index in [2.05, 4.69) is 5.32 Å². The van der Waals surface area contributed by atoms with Crippen LogP contribution in [0.4, 0.5) is 10.1 Å². The van der Waals surface area contributed by atoms with E-state index in [1.165, 1.54) is 49.6 Å². The Morgan fingerprint density at radius 2 is 1.70 bits per heavy atom. The zero-order valence-corrected chi connectivity index (χ0v) is 21.8. The molecule has 3 aromatic rings. The van der Waals surface area contributed by atoms with E-state index in [0.29, 0.717) is 29.2 Å². The molecular formula is C27H29FN2O6S. The van der Waals surface area contributed by atoms with E-state index >= 15 is 0 Å². The van der Waals surface area contributed by atoms with Crippen molar-refractivity contribution >= 4 is 21.6 Å². The number of benzene rings is 3. The Morgan fingerprint density at radius 1 is 1.05 bits per heavy atom. The van der Waals surface area contributed by atoms with Gasteiger partial charge in [-0.15, -0.1) is 0 Å². The molecule has 1 amide bonds. The summed E-state index contributed by atoms with van der Waals surface area (Å²) in [6, 6.07) is 15.9. The number of para-hydroxylation sites is 1. The van der Waals surface area contributed by atoms with Crippen LogP contribution in [0.3, 0.4) is 0 Å². The van der Waals surface area contributed by atoms with Gasteiger partial charge in [-0.25, -0.2) is 12.8 Å². The highest BCUT2D eigenvalue weighted by Gasteiger charge is 2.36. The molecule has 4 rings (SSSR count). The molecule has 0 fully saturated rings. The van der Waals surface area contributed by atoms with Crippen LogP contribution in [0.15, 0.2) is 71.6 Å². The second-order valence-corrected chi connectivity index (χ2v) is 11.1. The van der Waals surface area contributed by atoms with Crippen LogP contribution in [0.5, 0.6) is 17.2 Å². The predicted molar refractivity (Wildman–Crippen MR) is 137 cm³/mol. The Labute approximate surface area is 216 Å². The standard InChI is InChI=1S/C27H29FN2O6S/c1-27(2)16-23(21-15-19(35-4)11-14-25(21)36-27)29-26(31)17-30(24-8-6-5-7-22(24)28)37(32,33)20-12-9-18(34-3)10-13-20/h5-15,23H,16-17H2,1-4H3,(H,29,31). The largest absolute Gasteiger partial charge is 0.497 e. The zero-order valence-electron chi connectivity index (χ0n) is 21.0. The van der Waals surface area contributed by atoms with Crippen molar-refractivity contribution in [2.24, 2.45) is 0 Å². The maximum Gasteiger partial charge on any atom is 0.264 e. The molecule has 1 heterocycles. The normalized spacial score (nSPS) is 16.2. The summed E-state index contributed by atoms with van der Waals surface area (Å²) in [7, 11) is -1.30. The number of fused-ring (bicyclic) bond motifs is 1. The summed E-state index contributed by atoms with van der Waals surface area (Å²) in [6.45, 7) is 3.17. The molecule has 0 aromatic heterocycles. The van der Waals surface area contributed by atoms with Crippen LogP contribution in [0.2, 0.25) is 0 Å². The fourth-order valence-electron chi connectivity index (χ4n) is 4.29. The van der Waals surface area contributed by atoms with Gasteiger partial charge < -0.3 is 19.5 Å². The van der Waals surface area contributed by atoms with Gasteiger partial charge in [0, 0.05) is 12.0 Å². The molecule has 1 aliphatic rings. The fourth-order valence-corrected chi connectivity index (χ4v) is 5.72. The second kappa shape index (κ2) is 10.3. The van der Waals surface area contributed by atoms with Crippen LogP contribution >= 0.6 is 0 Å². The molecule has 0 aliphatic carbocycles. The number of hydrogen-bond donors (Lipinski definition) is 1. The van der Waals surface area contributed by atoms with E-state index in [-0.39, 0.29) is 10.6 Å². The van der Waals surface area contributed by atoms with Gasteiger partial charge in [0.15, 0.2) is 0 Å². The van der Waals surface area contributed by atoms with Crippen molar-refractivity contribution in [3.05, 3.63) is 78.1 Å². The number of ether oxygens (including phenoxy) is 3. The molecule has 0 bridgehead atoms. The number of nitrogens with one attached hydrogen (secondary N) is 1. The highest BCUT2D eigenvalue weighted by molar-refractivity contribution is 7.92. The summed E-state index contributed by atoms with van der Waals surface area (Å²) < 4.78 is 59.3. The first-order valence-corrected chi connectivity index (χ1v) is 13.1. The molecule has 3 aromatic carbocycles. The number of carbonyl (C=O) groups is 1. The van der Waals surface area contributed by atoms with Crippen molar-refractivity contribution < 1.29 is 31.8 Å². The van der Waals surface area contributed by atoms with Crippen molar-refractivity contribution in [1.82, 2.24) is 5.32 Å². The first-order valence-electron chi connectivity index (χ1n) is 11.6. The minimum absolute atomic E-state index is 0.105. The van der Waals surface area contributed by atoms with Crippen molar-refractivity contribution in [3.8, 4) is 17.2 Å². The number of nitrogens with zero attached hydrogens (tertiary/aromatic N) is 1. The van der Waals surface area contributed by atoms with Crippen molar-refractivity contribution in [2.75, 3.05) is 25.1 Å². The Bertz CT molecular complexity index is 1390. The van der Waals surface area contributed by atoms with Gasteiger partial charge >= 0.3 is 0 Å². The summed E-state index contributed by atoms with van der Waals surface area (Å²) in [5.41, 5.74) is -0.106. The van der Waals surface area contributed by atoms with Crippen LogP contribution in [-0.2, 0) is 14.8 Å². The van der Waals surface area contributed by atoms with Crippen LogP contribution < -0.4 is 23.8 Å². The van der Waals surface area contributed by atoms with Gasteiger partial charge in [0.25, 0.3) is 10.0 Å². The average molecular weight is 529 g/mol. The average Bonchev–Trinajstić information content (AvgIpc) is 2.87. The molecule has 1 aliphatic heterocycles. The van der Waals surface area contributed by atoms with Gasteiger partial charge in [-0.2, -0.15) is 0 Å².